The van der Waals surface area contributed by atoms with E-state index in [4.69, 9.17) is 27.9 Å². The minimum Gasteiger partial charge on any atom is -0.399 e. The van der Waals surface area contributed by atoms with Gasteiger partial charge in [-0.15, -0.1) is 0 Å². The fourth-order valence-corrected chi connectivity index (χ4v) is 4.91. The Hall–Kier alpha value is -1.35. The van der Waals surface area contributed by atoms with Gasteiger partial charge in [-0.3, -0.25) is 0 Å². The van der Waals surface area contributed by atoms with Crippen molar-refractivity contribution in [2.24, 2.45) is 0 Å². The zero-order chi connectivity index (χ0) is 27.4. The van der Waals surface area contributed by atoms with Crippen molar-refractivity contribution in [2.45, 2.75) is 117 Å². The first-order valence-corrected chi connectivity index (χ1v) is 13.4. The molecule has 0 spiro atoms. The van der Waals surface area contributed by atoms with Crippen LogP contribution in [-0.4, -0.2) is 55.0 Å². The summed E-state index contributed by atoms with van der Waals surface area (Å²) in [4.78, 5) is 0. The molecule has 0 atom stereocenters. The van der Waals surface area contributed by atoms with Crippen molar-refractivity contribution < 1.29 is 27.9 Å². The topological polar surface area (TPSA) is 55.4 Å². The monoisotopic (exact) mass is 506 g/mol. The molecule has 9 heteroatoms. The lowest BCUT2D eigenvalue weighted by molar-refractivity contribution is 0.00578. The fraction of sp³-hybridized carbons (Fsp3) is 0.643. The molecule has 2 aliphatic carbocycles. The minimum atomic E-state index is -0.530. The van der Waals surface area contributed by atoms with Crippen molar-refractivity contribution in [3.63, 3.8) is 0 Å². The van der Waals surface area contributed by atoms with Gasteiger partial charge in [-0.05, 0) is 111 Å². The summed E-state index contributed by atoms with van der Waals surface area (Å²) in [6.45, 7) is 24.9. The first-order valence-electron chi connectivity index (χ1n) is 13.4. The molecule has 198 valence electrons. The van der Waals surface area contributed by atoms with E-state index >= 15 is 0 Å². The van der Waals surface area contributed by atoms with Gasteiger partial charge >= 0.3 is 21.4 Å². The molecule has 5 aliphatic rings. The molecule has 0 aromatic rings. The zero-order valence-electron chi connectivity index (χ0n) is 24.6. The molecule has 0 amide bonds. The van der Waals surface area contributed by atoms with Gasteiger partial charge in [0, 0.05) is 0 Å². The Kier molecular flexibility index (Phi) is 5.95. The van der Waals surface area contributed by atoms with Crippen molar-refractivity contribution >= 4 is 37.7 Å². The van der Waals surface area contributed by atoms with Crippen LogP contribution in [-0.2, 0) is 27.9 Å². The van der Waals surface area contributed by atoms with Gasteiger partial charge in [0.05, 0.1) is 33.6 Å². The van der Waals surface area contributed by atoms with E-state index in [2.05, 4.69) is 107 Å². The summed E-state index contributed by atoms with van der Waals surface area (Å²) in [7, 11) is -1.52. The minimum absolute atomic E-state index is 0.431. The molecule has 0 aromatic heterocycles. The molecule has 0 bridgehead atoms. The quantitative estimate of drug-likeness (QED) is 0.593. The molecule has 3 fully saturated rings. The van der Waals surface area contributed by atoms with Crippen LogP contribution in [0.2, 0.25) is 0 Å². The Morgan fingerprint density at radius 1 is 0.432 bits per heavy atom. The molecule has 37 heavy (non-hydrogen) atoms. The summed E-state index contributed by atoms with van der Waals surface area (Å²) >= 11 is 0. The Bertz CT molecular complexity index is 1140. The Morgan fingerprint density at radius 3 is 1.19 bits per heavy atom. The molecule has 5 rings (SSSR count). The summed E-state index contributed by atoms with van der Waals surface area (Å²) < 4.78 is 38.8. The highest BCUT2D eigenvalue weighted by Crippen LogP contribution is 2.40. The van der Waals surface area contributed by atoms with E-state index in [-0.39, 0.29) is 0 Å². The predicted octanol–water partition coefficient (Wildman–Crippen LogP) is 3.69. The van der Waals surface area contributed by atoms with E-state index in [9.17, 15) is 0 Å². The Morgan fingerprint density at radius 2 is 0.784 bits per heavy atom. The van der Waals surface area contributed by atoms with Crippen molar-refractivity contribution in [3.8, 4) is 11.1 Å². The third-order valence-corrected chi connectivity index (χ3v) is 9.63. The molecule has 0 radical (unpaired) electrons. The molecule has 3 aliphatic heterocycles. The van der Waals surface area contributed by atoms with Gasteiger partial charge in [-0.1, -0.05) is 30.3 Å². The molecule has 3 saturated heterocycles. The highest BCUT2D eigenvalue weighted by atomic mass is 16.7. The average Bonchev–Trinajstić information content (AvgIpc) is 3.25. The van der Waals surface area contributed by atoms with Crippen LogP contribution in [0.3, 0.4) is 0 Å². The Balaban J connectivity index is 1.62. The summed E-state index contributed by atoms with van der Waals surface area (Å²) in [5.74, 6) is 0. The molecule has 0 unspecified atom stereocenters. The highest BCUT2D eigenvalue weighted by Gasteiger charge is 2.56. The van der Waals surface area contributed by atoms with Crippen molar-refractivity contribution in [1.82, 2.24) is 0 Å². The van der Waals surface area contributed by atoms with Crippen molar-refractivity contribution in [1.29, 1.82) is 0 Å². The van der Waals surface area contributed by atoms with Gasteiger partial charge < -0.3 is 27.9 Å². The van der Waals surface area contributed by atoms with Gasteiger partial charge in [-0.25, -0.2) is 0 Å². The first-order chi connectivity index (χ1) is 16.8. The predicted molar refractivity (Wildman–Crippen MR) is 150 cm³/mol. The van der Waals surface area contributed by atoms with Crippen LogP contribution in [0.4, 0.5) is 0 Å². The van der Waals surface area contributed by atoms with Crippen molar-refractivity contribution in [2.75, 3.05) is 0 Å². The largest absolute Gasteiger partial charge is 0.495 e. The van der Waals surface area contributed by atoms with Gasteiger partial charge in [0.25, 0.3) is 0 Å². The van der Waals surface area contributed by atoms with Gasteiger partial charge in [-0.2, -0.15) is 0 Å². The highest BCUT2D eigenvalue weighted by molar-refractivity contribution is 6.70. The van der Waals surface area contributed by atoms with E-state index in [0.717, 1.165) is 27.5 Å². The fourth-order valence-electron chi connectivity index (χ4n) is 4.91. The third-order valence-electron chi connectivity index (χ3n) is 9.63. The second-order valence-corrected chi connectivity index (χ2v) is 13.8. The van der Waals surface area contributed by atoms with Crippen molar-refractivity contribution in [3.05, 3.63) is 30.3 Å². The molecule has 3 heterocycles. The number of hydrogen-bond donors (Lipinski definition) is 0. The maximum absolute atomic E-state index is 6.51. The van der Waals surface area contributed by atoms with E-state index in [1.807, 2.05) is 6.07 Å². The Labute approximate surface area is 223 Å². The maximum atomic E-state index is 6.51. The van der Waals surface area contributed by atoms with Crippen LogP contribution < -0.4 is 16.4 Å². The number of rotatable bonds is 3. The first kappa shape index (κ1) is 27.2. The van der Waals surface area contributed by atoms with Gasteiger partial charge in [0.1, 0.15) is 0 Å². The molecular formula is C28H41B3O6. The molecule has 0 aromatic carbocycles. The summed E-state index contributed by atoms with van der Waals surface area (Å²) in [5, 5.41) is 0. The van der Waals surface area contributed by atoms with E-state index < -0.39 is 55.0 Å². The number of fused-ring (bicyclic) bond motifs is 1. The van der Waals surface area contributed by atoms with Gasteiger partial charge in [0.2, 0.25) is 0 Å². The average molecular weight is 506 g/mol. The van der Waals surface area contributed by atoms with E-state index in [1.165, 1.54) is 0 Å². The maximum Gasteiger partial charge on any atom is 0.495 e. The molecule has 0 N–H and O–H groups in total. The molecule has 6 nitrogen and oxygen atoms in total. The van der Waals surface area contributed by atoms with Crippen LogP contribution in [0, 0.1) is 0 Å². The third kappa shape index (κ3) is 4.21. The van der Waals surface area contributed by atoms with Crippen LogP contribution >= 0.6 is 0 Å². The smallest absolute Gasteiger partial charge is 0.399 e. The number of hydrogen-bond acceptors (Lipinski definition) is 6. The lowest BCUT2D eigenvalue weighted by Gasteiger charge is -2.32. The van der Waals surface area contributed by atoms with Crippen LogP contribution in [0.15, 0.2) is 30.3 Å². The van der Waals surface area contributed by atoms with Gasteiger partial charge in [0.15, 0.2) is 0 Å². The SMILES string of the molecule is CC1(C)OB(c2cccc3c(B4OC(C)(C)C(C)(C)O4)cc(B4OC(C)(C)C(C)(C)O4)c-3c2)OC1(C)C. The second-order valence-electron chi connectivity index (χ2n) is 13.8. The van der Waals surface area contributed by atoms with E-state index in [1.54, 1.807) is 0 Å². The second kappa shape index (κ2) is 8.09. The lowest BCUT2D eigenvalue weighted by Crippen LogP contribution is -2.41. The lowest BCUT2D eigenvalue weighted by atomic mass is 9.75. The summed E-state index contributed by atoms with van der Waals surface area (Å²) in [6.07, 6.45) is 0. The van der Waals surface area contributed by atoms with Crippen LogP contribution in [0.1, 0.15) is 83.1 Å². The van der Waals surface area contributed by atoms with Crippen LogP contribution in [0.25, 0.3) is 11.1 Å². The summed E-state index contributed by atoms with van der Waals surface area (Å²) in [5.41, 5.74) is 2.23. The molecule has 0 saturated carbocycles. The normalized spacial score (nSPS) is 26.9. The van der Waals surface area contributed by atoms with Crippen LogP contribution in [0.5, 0.6) is 0 Å². The zero-order valence-corrected chi connectivity index (χ0v) is 24.6. The summed E-state index contributed by atoms with van der Waals surface area (Å²) in [6, 6.07) is 10.5. The standard InChI is InChI=1S/C28H41B3O6/c1-23(2)24(3,4)33-29(32-23)18-14-13-15-19-20(16-18)22(31-36-27(9,10)28(11,12)37-31)17-21(19)30-34-25(5,6)26(7,8)35-30/h13-17H,1-12H3. The van der Waals surface area contributed by atoms with E-state index in [0.29, 0.717) is 0 Å². The molecular weight excluding hydrogens is 465 g/mol.